The highest BCUT2D eigenvalue weighted by molar-refractivity contribution is 5.91. The van der Waals surface area contributed by atoms with Crippen molar-refractivity contribution < 1.29 is 4.79 Å². The summed E-state index contributed by atoms with van der Waals surface area (Å²) in [6.45, 7) is 11.1. The number of hydrogen-bond donors (Lipinski definition) is 0. The molecule has 0 saturated carbocycles. The molecule has 0 atom stereocenters. The Bertz CT molecular complexity index is 794. The molecular weight excluding hydrogens is 334 g/mol. The smallest absolute Gasteiger partial charge is 0.246 e. The van der Waals surface area contributed by atoms with Gasteiger partial charge in [0, 0.05) is 31.4 Å². The first kappa shape index (κ1) is 19.4. The van der Waals surface area contributed by atoms with Crippen molar-refractivity contribution in [2.24, 2.45) is 5.92 Å². The maximum Gasteiger partial charge on any atom is 0.246 e. The second kappa shape index (κ2) is 8.55. The highest BCUT2D eigenvalue weighted by Gasteiger charge is 2.22. The van der Waals surface area contributed by atoms with Gasteiger partial charge in [0.15, 0.2) is 0 Å². The van der Waals surface area contributed by atoms with E-state index in [0.29, 0.717) is 11.8 Å². The molecule has 0 radical (unpaired) electrons. The molecule has 0 N–H and O–H groups in total. The highest BCUT2D eigenvalue weighted by atomic mass is 16.2. The Labute approximate surface area is 162 Å². The summed E-state index contributed by atoms with van der Waals surface area (Å²) in [4.78, 5) is 14.5. The molecule has 0 spiro atoms. The fourth-order valence-electron chi connectivity index (χ4n) is 3.71. The minimum absolute atomic E-state index is 0.118. The molecule has 27 heavy (non-hydrogen) atoms. The molecule has 0 unspecified atom stereocenters. The van der Waals surface area contributed by atoms with Gasteiger partial charge < -0.3 is 4.90 Å². The molecule has 2 aromatic rings. The van der Waals surface area contributed by atoms with E-state index in [-0.39, 0.29) is 5.91 Å². The van der Waals surface area contributed by atoms with Crippen LogP contribution in [0, 0.1) is 19.8 Å². The van der Waals surface area contributed by atoms with E-state index in [0.717, 1.165) is 43.7 Å². The second-order valence-corrected chi connectivity index (χ2v) is 8.03. The molecule has 4 nitrogen and oxygen atoms in total. The standard InChI is InChI=1S/C23H31N3O/c1-17(2)22-8-5-20(6-9-22)7-10-23(27)25-13-11-21(12-14-25)16-26-19(4)15-18(3)24-26/h5-10,15,17,21H,11-14,16H2,1-4H3/b10-7+. The molecule has 1 aliphatic heterocycles. The third-order valence-electron chi connectivity index (χ3n) is 5.48. The average Bonchev–Trinajstić information content (AvgIpc) is 2.97. The van der Waals surface area contributed by atoms with Gasteiger partial charge in [0.1, 0.15) is 0 Å². The van der Waals surface area contributed by atoms with Crippen molar-refractivity contribution >= 4 is 12.0 Å². The Morgan fingerprint density at radius 3 is 2.41 bits per heavy atom. The van der Waals surface area contributed by atoms with Crippen molar-refractivity contribution in [1.82, 2.24) is 14.7 Å². The van der Waals surface area contributed by atoms with Crippen LogP contribution in [-0.4, -0.2) is 33.7 Å². The number of amides is 1. The number of rotatable bonds is 5. The Hall–Kier alpha value is -2.36. The number of carbonyl (C=O) groups excluding carboxylic acids is 1. The van der Waals surface area contributed by atoms with Crippen LogP contribution in [0.2, 0.25) is 0 Å². The molecule has 1 aromatic heterocycles. The Morgan fingerprint density at radius 1 is 1.19 bits per heavy atom. The van der Waals surface area contributed by atoms with E-state index in [9.17, 15) is 4.79 Å². The number of likely N-dealkylation sites (tertiary alicyclic amines) is 1. The first-order valence-electron chi connectivity index (χ1n) is 10.0. The number of aryl methyl sites for hydroxylation is 2. The van der Waals surface area contributed by atoms with E-state index < -0.39 is 0 Å². The minimum Gasteiger partial charge on any atom is -0.339 e. The molecule has 4 heteroatoms. The molecule has 0 aliphatic carbocycles. The van der Waals surface area contributed by atoms with Crippen LogP contribution >= 0.6 is 0 Å². The van der Waals surface area contributed by atoms with Gasteiger partial charge in [-0.25, -0.2) is 0 Å². The third-order valence-corrected chi connectivity index (χ3v) is 5.48. The summed E-state index contributed by atoms with van der Waals surface area (Å²) < 4.78 is 2.11. The molecular formula is C23H31N3O. The summed E-state index contributed by atoms with van der Waals surface area (Å²) in [5.74, 6) is 1.24. The maximum atomic E-state index is 12.5. The highest BCUT2D eigenvalue weighted by Crippen LogP contribution is 2.21. The van der Waals surface area contributed by atoms with Crippen molar-refractivity contribution in [3.63, 3.8) is 0 Å². The lowest BCUT2D eigenvalue weighted by molar-refractivity contribution is -0.127. The van der Waals surface area contributed by atoms with Crippen LogP contribution in [-0.2, 0) is 11.3 Å². The van der Waals surface area contributed by atoms with Gasteiger partial charge in [0.05, 0.1) is 5.69 Å². The summed E-state index contributed by atoms with van der Waals surface area (Å²) in [5.41, 5.74) is 4.69. The van der Waals surface area contributed by atoms with E-state index in [1.807, 2.05) is 17.9 Å². The largest absolute Gasteiger partial charge is 0.339 e. The predicted octanol–water partition coefficient (Wildman–Crippen LogP) is 4.58. The zero-order valence-corrected chi connectivity index (χ0v) is 17.0. The number of nitrogens with zero attached hydrogens (tertiary/aromatic N) is 3. The molecule has 1 saturated heterocycles. The topological polar surface area (TPSA) is 38.1 Å². The Morgan fingerprint density at radius 2 is 1.85 bits per heavy atom. The molecule has 144 valence electrons. The van der Waals surface area contributed by atoms with Crippen molar-refractivity contribution in [3.05, 3.63) is 58.9 Å². The van der Waals surface area contributed by atoms with Crippen molar-refractivity contribution in [2.45, 2.75) is 53.0 Å². The van der Waals surface area contributed by atoms with Crippen LogP contribution in [0.4, 0.5) is 0 Å². The van der Waals surface area contributed by atoms with Gasteiger partial charge in [-0.2, -0.15) is 5.10 Å². The van der Waals surface area contributed by atoms with Gasteiger partial charge in [-0.05, 0) is 61.8 Å². The normalized spacial score (nSPS) is 15.8. The summed E-state index contributed by atoms with van der Waals surface area (Å²) in [5, 5.41) is 4.56. The fourth-order valence-corrected chi connectivity index (χ4v) is 3.71. The second-order valence-electron chi connectivity index (χ2n) is 8.03. The van der Waals surface area contributed by atoms with Gasteiger partial charge >= 0.3 is 0 Å². The summed E-state index contributed by atoms with van der Waals surface area (Å²) in [6, 6.07) is 10.6. The quantitative estimate of drug-likeness (QED) is 0.728. The zero-order valence-electron chi connectivity index (χ0n) is 17.0. The van der Waals surface area contributed by atoms with Crippen molar-refractivity contribution in [3.8, 4) is 0 Å². The number of piperidine rings is 1. The lowest BCUT2D eigenvalue weighted by Gasteiger charge is -2.31. The lowest BCUT2D eigenvalue weighted by Crippen LogP contribution is -2.38. The predicted molar refractivity (Wildman–Crippen MR) is 111 cm³/mol. The Balaban J connectivity index is 1.50. The molecule has 3 rings (SSSR count). The molecule has 0 bridgehead atoms. The number of aromatic nitrogens is 2. The number of hydrogen-bond acceptors (Lipinski definition) is 2. The van der Waals surface area contributed by atoms with E-state index in [1.165, 1.54) is 11.3 Å². The monoisotopic (exact) mass is 365 g/mol. The number of benzene rings is 1. The van der Waals surface area contributed by atoms with Crippen LogP contribution in [0.5, 0.6) is 0 Å². The fraction of sp³-hybridized carbons (Fsp3) is 0.478. The zero-order chi connectivity index (χ0) is 19.4. The third kappa shape index (κ3) is 5.09. The van der Waals surface area contributed by atoms with E-state index in [2.05, 4.69) is 60.9 Å². The minimum atomic E-state index is 0.118. The summed E-state index contributed by atoms with van der Waals surface area (Å²) in [6.07, 6.45) is 5.72. The van der Waals surface area contributed by atoms with Gasteiger partial charge in [-0.15, -0.1) is 0 Å². The maximum absolute atomic E-state index is 12.5. The van der Waals surface area contributed by atoms with Crippen LogP contribution in [0.25, 0.3) is 6.08 Å². The van der Waals surface area contributed by atoms with Crippen LogP contribution in [0.3, 0.4) is 0 Å². The van der Waals surface area contributed by atoms with E-state index in [4.69, 9.17) is 0 Å². The molecule has 2 heterocycles. The van der Waals surface area contributed by atoms with Gasteiger partial charge in [0.25, 0.3) is 0 Å². The first-order valence-corrected chi connectivity index (χ1v) is 10.0. The molecule has 1 fully saturated rings. The Kier molecular flexibility index (Phi) is 6.15. The lowest BCUT2D eigenvalue weighted by atomic mass is 9.96. The van der Waals surface area contributed by atoms with E-state index >= 15 is 0 Å². The summed E-state index contributed by atoms with van der Waals surface area (Å²) in [7, 11) is 0. The van der Waals surface area contributed by atoms with Crippen molar-refractivity contribution in [1.29, 1.82) is 0 Å². The number of carbonyl (C=O) groups is 1. The van der Waals surface area contributed by atoms with Crippen molar-refractivity contribution in [2.75, 3.05) is 13.1 Å². The van der Waals surface area contributed by atoms with E-state index in [1.54, 1.807) is 6.08 Å². The van der Waals surface area contributed by atoms with Crippen LogP contribution in [0.15, 0.2) is 36.4 Å². The molecule has 1 amide bonds. The SMILES string of the molecule is Cc1cc(C)n(CC2CCN(C(=O)/C=C/c3ccc(C(C)C)cc3)CC2)n1. The van der Waals surface area contributed by atoms with Gasteiger partial charge in [-0.3, -0.25) is 9.48 Å². The van der Waals surface area contributed by atoms with Gasteiger partial charge in [0.2, 0.25) is 5.91 Å². The summed E-state index contributed by atoms with van der Waals surface area (Å²) >= 11 is 0. The molecule has 1 aromatic carbocycles. The first-order chi connectivity index (χ1) is 12.9. The molecule has 1 aliphatic rings. The van der Waals surface area contributed by atoms with Crippen LogP contribution in [0.1, 0.15) is 55.1 Å². The van der Waals surface area contributed by atoms with Crippen LogP contribution < -0.4 is 0 Å². The average molecular weight is 366 g/mol. The van der Waals surface area contributed by atoms with Gasteiger partial charge in [-0.1, -0.05) is 38.1 Å².